The zero-order valence-corrected chi connectivity index (χ0v) is 12.1. The lowest BCUT2D eigenvalue weighted by molar-refractivity contribution is 0.259. The van der Waals surface area contributed by atoms with Crippen LogP contribution < -0.4 is 16.4 Å². The van der Waals surface area contributed by atoms with Gasteiger partial charge in [-0.2, -0.15) is 0 Å². The summed E-state index contributed by atoms with van der Waals surface area (Å²) in [5.74, 6) is -0.282. The van der Waals surface area contributed by atoms with Crippen molar-refractivity contribution < 1.29 is 9.18 Å². The predicted octanol–water partition coefficient (Wildman–Crippen LogP) is 3.69. The van der Waals surface area contributed by atoms with Gasteiger partial charge in [-0.05, 0) is 57.9 Å². The third-order valence-corrected chi connectivity index (χ3v) is 3.24. The zero-order chi connectivity index (χ0) is 14.5. The van der Waals surface area contributed by atoms with Crippen molar-refractivity contribution in [2.45, 2.75) is 6.54 Å². The van der Waals surface area contributed by atoms with Crippen LogP contribution >= 0.6 is 15.9 Å². The molecule has 0 aliphatic rings. The molecule has 0 spiro atoms. The number of nitrogens with two attached hydrogens (primary N) is 1. The van der Waals surface area contributed by atoms with E-state index in [1.54, 1.807) is 24.3 Å². The van der Waals surface area contributed by atoms with Gasteiger partial charge >= 0.3 is 6.03 Å². The van der Waals surface area contributed by atoms with Crippen molar-refractivity contribution in [1.82, 2.24) is 0 Å². The Morgan fingerprint density at radius 1 is 1.15 bits per heavy atom. The number of hydrogen-bond donors (Lipinski definition) is 3. The molecule has 20 heavy (non-hydrogen) atoms. The molecule has 0 aliphatic heterocycles. The summed E-state index contributed by atoms with van der Waals surface area (Å²) in [4.78, 5) is 10.7. The van der Waals surface area contributed by atoms with Crippen LogP contribution in [0, 0.1) is 5.82 Å². The second-order valence-corrected chi connectivity index (χ2v) is 5.02. The Morgan fingerprint density at radius 2 is 1.80 bits per heavy atom. The first-order valence-electron chi connectivity index (χ1n) is 5.89. The molecular formula is C14H13BrFN3O. The Morgan fingerprint density at radius 3 is 2.40 bits per heavy atom. The van der Waals surface area contributed by atoms with Crippen molar-refractivity contribution in [3.8, 4) is 0 Å². The first-order chi connectivity index (χ1) is 9.54. The Kier molecular flexibility index (Phi) is 4.57. The molecule has 0 fully saturated rings. The fourth-order valence-electron chi connectivity index (χ4n) is 1.67. The van der Waals surface area contributed by atoms with Crippen LogP contribution in [0.3, 0.4) is 0 Å². The molecule has 0 radical (unpaired) electrons. The average molecular weight is 338 g/mol. The Bertz CT molecular complexity index is 616. The van der Waals surface area contributed by atoms with Crippen LogP contribution in [-0.4, -0.2) is 6.03 Å². The van der Waals surface area contributed by atoms with Crippen LogP contribution in [0.4, 0.5) is 20.6 Å². The van der Waals surface area contributed by atoms with Crippen molar-refractivity contribution >= 4 is 33.3 Å². The Balaban J connectivity index is 1.96. The van der Waals surface area contributed by atoms with E-state index in [0.717, 1.165) is 11.3 Å². The van der Waals surface area contributed by atoms with Crippen molar-refractivity contribution in [3.63, 3.8) is 0 Å². The highest BCUT2D eigenvalue weighted by Crippen LogP contribution is 2.18. The molecule has 6 heteroatoms. The van der Waals surface area contributed by atoms with Gasteiger partial charge in [0, 0.05) is 17.9 Å². The molecule has 0 atom stereocenters. The second-order valence-electron chi connectivity index (χ2n) is 4.17. The van der Waals surface area contributed by atoms with Gasteiger partial charge in [-0.25, -0.2) is 9.18 Å². The number of carbonyl (C=O) groups is 1. The van der Waals surface area contributed by atoms with Gasteiger partial charge in [0.05, 0.1) is 4.47 Å². The molecule has 104 valence electrons. The maximum absolute atomic E-state index is 13.1. The highest BCUT2D eigenvalue weighted by molar-refractivity contribution is 9.10. The number of carbonyl (C=O) groups excluding carboxylic acids is 1. The lowest BCUT2D eigenvalue weighted by atomic mass is 10.2. The highest BCUT2D eigenvalue weighted by Gasteiger charge is 2.01. The van der Waals surface area contributed by atoms with E-state index in [4.69, 9.17) is 5.73 Å². The molecule has 0 unspecified atom stereocenters. The molecule has 0 saturated carbocycles. The van der Waals surface area contributed by atoms with Crippen molar-refractivity contribution in [2.75, 3.05) is 10.6 Å². The summed E-state index contributed by atoms with van der Waals surface area (Å²) in [6.45, 7) is 0.571. The van der Waals surface area contributed by atoms with Gasteiger partial charge in [0.1, 0.15) is 5.82 Å². The number of amides is 2. The maximum Gasteiger partial charge on any atom is 0.316 e. The molecule has 2 rings (SSSR count). The van der Waals surface area contributed by atoms with Gasteiger partial charge in [-0.3, -0.25) is 0 Å². The van der Waals surface area contributed by atoms with E-state index in [1.165, 1.54) is 6.07 Å². The molecule has 0 saturated heterocycles. The van der Waals surface area contributed by atoms with Crippen molar-refractivity contribution in [2.24, 2.45) is 5.73 Å². The Labute approximate surface area is 124 Å². The van der Waals surface area contributed by atoms with E-state index in [2.05, 4.69) is 26.6 Å². The largest absolute Gasteiger partial charge is 0.381 e. The van der Waals surface area contributed by atoms with E-state index < -0.39 is 6.03 Å². The Hall–Kier alpha value is -2.08. The first-order valence-corrected chi connectivity index (χ1v) is 6.68. The summed E-state index contributed by atoms with van der Waals surface area (Å²) in [6, 6.07) is 11.4. The summed E-state index contributed by atoms with van der Waals surface area (Å²) in [6.07, 6.45) is 0. The highest BCUT2D eigenvalue weighted by atomic mass is 79.9. The van der Waals surface area contributed by atoms with Crippen LogP contribution in [-0.2, 0) is 6.54 Å². The molecule has 0 heterocycles. The summed E-state index contributed by atoms with van der Waals surface area (Å²) in [7, 11) is 0. The normalized spacial score (nSPS) is 10.1. The molecule has 4 N–H and O–H groups in total. The van der Waals surface area contributed by atoms with E-state index >= 15 is 0 Å². The van der Waals surface area contributed by atoms with Crippen molar-refractivity contribution in [1.29, 1.82) is 0 Å². The van der Waals surface area contributed by atoms with Gasteiger partial charge in [0.15, 0.2) is 0 Å². The van der Waals surface area contributed by atoms with Crippen LogP contribution in [0.2, 0.25) is 0 Å². The molecule has 4 nitrogen and oxygen atoms in total. The molecule has 2 aromatic carbocycles. The minimum Gasteiger partial charge on any atom is -0.381 e. The van der Waals surface area contributed by atoms with Crippen LogP contribution in [0.25, 0.3) is 0 Å². The first kappa shape index (κ1) is 14.3. The van der Waals surface area contributed by atoms with E-state index in [0.29, 0.717) is 16.7 Å². The van der Waals surface area contributed by atoms with Crippen LogP contribution in [0.15, 0.2) is 46.9 Å². The molecule has 2 aromatic rings. The SMILES string of the molecule is NC(=O)Nc1ccc(NCc2ccc(F)c(Br)c2)cc1. The van der Waals surface area contributed by atoms with Gasteiger partial charge in [-0.1, -0.05) is 6.07 Å². The molecule has 0 aliphatic carbocycles. The minimum atomic E-state index is -0.595. The van der Waals surface area contributed by atoms with Crippen LogP contribution in [0.1, 0.15) is 5.56 Å². The lowest BCUT2D eigenvalue weighted by Gasteiger charge is -2.08. The smallest absolute Gasteiger partial charge is 0.316 e. The third kappa shape index (κ3) is 3.96. The van der Waals surface area contributed by atoms with Crippen molar-refractivity contribution in [3.05, 3.63) is 58.3 Å². The summed E-state index contributed by atoms with van der Waals surface area (Å²) in [5, 5.41) is 5.68. The number of hydrogen-bond acceptors (Lipinski definition) is 2. The second kappa shape index (κ2) is 6.38. The number of rotatable bonds is 4. The quantitative estimate of drug-likeness (QED) is 0.796. The van der Waals surface area contributed by atoms with Gasteiger partial charge < -0.3 is 16.4 Å². The molecule has 2 amide bonds. The lowest BCUT2D eigenvalue weighted by Crippen LogP contribution is -2.19. The van der Waals surface area contributed by atoms with E-state index in [-0.39, 0.29) is 5.82 Å². The van der Waals surface area contributed by atoms with E-state index in [1.807, 2.05) is 12.1 Å². The number of nitrogens with one attached hydrogen (secondary N) is 2. The minimum absolute atomic E-state index is 0.282. The summed E-state index contributed by atoms with van der Waals surface area (Å²) < 4.78 is 13.5. The van der Waals surface area contributed by atoms with Gasteiger partial charge in [0.2, 0.25) is 0 Å². The maximum atomic E-state index is 13.1. The van der Waals surface area contributed by atoms with Crippen LogP contribution in [0.5, 0.6) is 0 Å². The monoisotopic (exact) mass is 337 g/mol. The van der Waals surface area contributed by atoms with E-state index in [9.17, 15) is 9.18 Å². The topological polar surface area (TPSA) is 67.2 Å². The molecular weight excluding hydrogens is 325 g/mol. The summed E-state index contributed by atoms with van der Waals surface area (Å²) in [5.41, 5.74) is 7.50. The number of benzene rings is 2. The standard InChI is InChI=1S/C14H13BrFN3O/c15-12-7-9(1-6-13(12)16)8-18-10-2-4-11(5-3-10)19-14(17)20/h1-7,18H,8H2,(H3,17,19,20). The number of urea groups is 1. The number of anilines is 2. The average Bonchev–Trinajstić information content (AvgIpc) is 2.41. The molecule has 0 bridgehead atoms. The fourth-order valence-corrected chi connectivity index (χ4v) is 2.09. The number of primary amides is 1. The third-order valence-electron chi connectivity index (χ3n) is 2.63. The molecule has 0 aromatic heterocycles. The van der Waals surface area contributed by atoms with Gasteiger partial charge in [-0.15, -0.1) is 0 Å². The fraction of sp³-hybridized carbons (Fsp3) is 0.0714. The zero-order valence-electron chi connectivity index (χ0n) is 10.5. The summed E-state index contributed by atoms with van der Waals surface area (Å²) >= 11 is 3.15. The van der Waals surface area contributed by atoms with Gasteiger partial charge in [0.25, 0.3) is 0 Å². The predicted molar refractivity (Wildman–Crippen MR) is 81.1 cm³/mol. The number of halogens is 2.